The lowest BCUT2D eigenvalue weighted by molar-refractivity contribution is -0.143. The van der Waals surface area contributed by atoms with Crippen molar-refractivity contribution in [1.82, 2.24) is 5.32 Å². The minimum Gasteiger partial charge on any atom is -0.466 e. The van der Waals surface area contributed by atoms with Crippen molar-refractivity contribution in [2.75, 3.05) is 13.2 Å². The minimum absolute atomic E-state index is 0.0274. The molecule has 6 heteroatoms. The van der Waals surface area contributed by atoms with Gasteiger partial charge in [0.25, 0.3) is 0 Å². The Hall–Kier alpha value is -1.40. The quantitative estimate of drug-likeness (QED) is 0.0322. The van der Waals surface area contributed by atoms with Gasteiger partial charge in [-0.05, 0) is 51.4 Å². The highest BCUT2D eigenvalue weighted by atomic mass is 16.5. The molecule has 0 aromatic carbocycles. The summed E-state index contributed by atoms with van der Waals surface area (Å²) in [5.41, 5.74) is 0. The topological polar surface area (TPSA) is 95.9 Å². The molecule has 6 nitrogen and oxygen atoms in total. The second kappa shape index (κ2) is 51.2. The largest absolute Gasteiger partial charge is 0.466 e. The SMILES string of the molecule is CCCCCCCC/C=C\CCCCCCCCCC(=O)OCCCCCCCCCCCC(=O)NC(CO)C(O)CCCCCCCCCCCCCCCCCCCC. The van der Waals surface area contributed by atoms with Crippen molar-refractivity contribution < 1.29 is 24.5 Å². The lowest BCUT2D eigenvalue weighted by Gasteiger charge is -2.22. The molecule has 0 heterocycles. The van der Waals surface area contributed by atoms with E-state index in [1.807, 2.05) is 0 Å². The molecular formula is C55H107NO5. The molecule has 1 amide bonds. The maximum atomic E-state index is 12.5. The van der Waals surface area contributed by atoms with E-state index in [-0.39, 0.29) is 18.5 Å². The first kappa shape index (κ1) is 59.6. The van der Waals surface area contributed by atoms with Gasteiger partial charge in [0.2, 0.25) is 5.91 Å². The maximum Gasteiger partial charge on any atom is 0.305 e. The summed E-state index contributed by atoms with van der Waals surface area (Å²) in [6.07, 6.45) is 59.0. The highest BCUT2D eigenvalue weighted by Crippen LogP contribution is 2.17. The van der Waals surface area contributed by atoms with Crippen LogP contribution in [0, 0.1) is 0 Å². The van der Waals surface area contributed by atoms with Gasteiger partial charge in [-0.25, -0.2) is 0 Å². The molecule has 0 aliphatic rings. The predicted molar refractivity (Wildman–Crippen MR) is 264 cm³/mol. The van der Waals surface area contributed by atoms with E-state index in [0.717, 1.165) is 57.8 Å². The van der Waals surface area contributed by atoms with Gasteiger partial charge >= 0.3 is 5.97 Å². The van der Waals surface area contributed by atoms with Crippen LogP contribution >= 0.6 is 0 Å². The Bertz CT molecular complexity index is 909. The van der Waals surface area contributed by atoms with Crippen LogP contribution in [0.1, 0.15) is 303 Å². The molecule has 0 aromatic heterocycles. The Morgan fingerprint density at radius 3 is 1.16 bits per heavy atom. The molecule has 0 saturated carbocycles. The molecule has 362 valence electrons. The number of nitrogens with one attached hydrogen (secondary N) is 1. The molecule has 0 spiro atoms. The summed E-state index contributed by atoms with van der Waals surface area (Å²) in [7, 11) is 0. The number of carbonyl (C=O) groups excluding carboxylic acids is 2. The van der Waals surface area contributed by atoms with Crippen molar-refractivity contribution in [2.24, 2.45) is 0 Å². The summed E-state index contributed by atoms with van der Waals surface area (Å²) in [5.74, 6) is -0.0876. The van der Waals surface area contributed by atoms with Crippen LogP contribution in [-0.4, -0.2) is 47.4 Å². The lowest BCUT2D eigenvalue weighted by atomic mass is 10.0. The van der Waals surface area contributed by atoms with Crippen molar-refractivity contribution >= 4 is 11.9 Å². The van der Waals surface area contributed by atoms with Crippen molar-refractivity contribution in [2.45, 2.75) is 315 Å². The van der Waals surface area contributed by atoms with Crippen molar-refractivity contribution in [3.63, 3.8) is 0 Å². The number of aliphatic hydroxyl groups excluding tert-OH is 2. The van der Waals surface area contributed by atoms with Crippen LogP contribution in [0.4, 0.5) is 0 Å². The van der Waals surface area contributed by atoms with E-state index >= 15 is 0 Å². The fraction of sp³-hybridized carbons (Fsp3) is 0.927. The molecule has 0 bridgehead atoms. The molecule has 0 rings (SSSR count). The first-order valence-corrected chi connectivity index (χ1v) is 27.4. The van der Waals surface area contributed by atoms with Crippen LogP contribution in [0.25, 0.3) is 0 Å². The number of hydrogen-bond donors (Lipinski definition) is 3. The second-order valence-corrected chi connectivity index (χ2v) is 18.9. The van der Waals surface area contributed by atoms with Gasteiger partial charge in [0, 0.05) is 12.8 Å². The Labute approximate surface area is 380 Å². The smallest absolute Gasteiger partial charge is 0.305 e. The van der Waals surface area contributed by atoms with Crippen molar-refractivity contribution in [1.29, 1.82) is 0 Å². The van der Waals surface area contributed by atoms with Crippen LogP contribution in [0.2, 0.25) is 0 Å². The third-order valence-electron chi connectivity index (χ3n) is 12.8. The van der Waals surface area contributed by atoms with E-state index in [0.29, 0.717) is 25.9 Å². The molecule has 0 radical (unpaired) electrons. The van der Waals surface area contributed by atoms with Gasteiger partial charge in [0.05, 0.1) is 25.4 Å². The molecule has 0 fully saturated rings. The minimum atomic E-state index is -0.681. The number of carbonyl (C=O) groups is 2. The first-order valence-electron chi connectivity index (χ1n) is 27.4. The van der Waals surface area contributed by atoms with E-state index in [1.54, 1.807) is 0 Å². The normalized spacial score (nSPS) is 12.7. The van der Waals surface area contributed by atoms with Gasteiger partial charge in [-0.2, -0.15) is 0 Å². The standard InChI is InChI=1S/C55H107NO5/c1-3-5-7-9-11-13-15-17-19-21-23-24-26-28-31-35-39-43-47-53(58)52(51-57)56-54(59)48-44-40-36-32-30-34-38-42-46-50-61-55(60)49-45-41-37-33-29-27-25-22-20-18-16-14-12-10-8-6-4-2/h18,20,52-53,57-58H,3-17,19,21-51H2,1-2H3,(H,56,59)/b20-18-. The number of amides is 1. The van der Waals surface area contributed by atoms with E-state index in [1.165, 1.54) is 212 Å². The van der Waals surface area contributed by atoms with Crippen LogP contribution in [0.5, 0.6) is 0 Å². The van der Waals surface area contributed by atoms with Crippen molar-refractivity contribution in [3.8, 4) is 0 Å². The van der Waals surface area contributed by atoms with Gasteiger partial charge in [-0.15, -0.1) is 0 Å². The summed E-state index contributed by atoms with van der Waals surface area (Å²) in [6, 6.07) is -0.561. The molecule has 61 heavy (non-hydrogen) atoms. The number of aliphatic hydroxyl groups is 2. The molecule has 3 N–H and O–H groups in total. The van der Waals surface area contributed by atoms with Gasteiger partial charge in [0.15, 0.2) is 0 Å². The monoisotopic (exact) mass is 862 g/mol. The van der Waals surface area contributed by atoms with E-state index in [2.05, 4.69) is 31.3 Å². The first-order chi connectivity index (χ1) is 30.0. The fourth-order valence-electron chi connectivity index (χ4n) is 8.58. The van der Waals surface area contributed by atoms with Crippen LogP contribution in [0.15, 0.2) is 12.2 Å². The number of unbranched alkanes of at least 4 members (excludes halogenated alkanes) is 38. The number of esters is 1. The van der Waals surface area contributed by atoms with Crippen LogP contribution < -0.4 is 5.32 Å². The summed E-state index contributed by atoms with van der Waals surface area (Å²) >= 11 is 0. The Morgan fingerprint density at radius 2 is 0.770 bits per heavy atom. The van der Waals surface area contributed by atoms with Gasteiger partial charge in [-0.1, -0.05) is 251 Å². The zero-order valence-electron chi connectivity index (χ0n) is 41.2. The number of rotatable bonds is 51. The predicted octanol–water partition coefficient (Wildman–Crippen LogP) is 16.5. The van der Waals surface area contributed by atoms with Gasteiger partial charge in [0.1, 0.15) is 0 Å². The Balaban J connectivity index is 3.47. The molecule has 2 atom stereocenters. The maximum absolute atomic E-state index is 12.5. The second-order valence-electron chi connectivity index (χ2n) is 18.9. The van der Waals surface area contributed by atoms with Crippen LogP contribution in [-0.2, 0) is 14.3 Å². The zero-order chi connectivity index (χ0) is 44.4. The summed E-state index contributed by atoms with van der Waals surface area (Å²) in [4.78, 5) is 24.5. The van der Waals surface area contributed by atoms with Gasteiger partial charge < -0.3 is 20.3 Å². The number of allylic oxidation sites excluding steroid dienone is 2. The molecule has 0 aliphatic heterocycles. The third-order valence-corrected chi connectivity index (χ3v) is 12.8. The van der Waals surface area contributed by atoms with E-state index in [4.69, 9.17) is 4.74 Å². The number of hydrogen-bond acceptors (Lipinski definition) is 5. The average Bonchev–Trinajstić information content (AvgIpc) is 3.26. The average molecular weight is 862 g/mol. The van der Waals surface area contributed by atoms with E-state index in [9.17, 15) is 19.8 Å². The third kappa shape index (κ3) is 47.9. The Kier molecular flexibility index (Phi) is 50.1. The van der Waals surface area contributed by atoms with Crippen molar-refractivity contribution in [3.05, 3.63) is 12.2 Å². The van der Waals surface area contributed by atoms with Gasteiger partial charge in [-0.3, -0.25) is 9.59 Å². The molecule has 0 aliphatic carbocycles. The molecule has 0 aromatic rings. The summed E-state index contributed by atoms with van der Waals surface area (Å²) in [5, 5.41) is 23.3. The Morgan fingerprint density at radius 1 is 0.443 bits per heavy atom. The highest BCUT2D eigenvalue weighted by Gasteiger charge is 2.20. The lowest BCUT2D eigenvalue weighted by Crippen LogP contribution is -2.45. The zero-order valence-corrected chi connectivity index (χ0v) is 41.2. The fourth-order valence-corrected chi connectivity index (χ4v) is 8.58. The molecule has 2 unspecified atom stereocenters. The van der Waals surface area contributed by atoms with E-state index < -0.39 is 12.1 Å². The highest BCUT2D eigenvalue weighted by molar-refractivity contribution is 5.76. The molecular weight excluding hydrogens is 755 g/mol. The summed E-state index contributed by atoms with van der Waals surface area (Å²) < 4.78 is 5.46. The number of ether oxygens (including phenoxy) is 1. The van der Waals surface area contributed by atoms with Crippen LogP contribution in [0.3, 0.4) is 0 Å². The molecule has 0 saturated heterocycles. The summed E-state index contributed by atoms with van der Waals surface area (Å²) in [6.45, 7) is 4.90.